The first-order valence-electron chi connectivity index (χ1n) is 6.15. The van der Waals surface area contributed by atoms with Gasteiger partial charge in [0.1, 0.15) is 5.60 Å². The zero-order valence-electron chi connectivity index (χ0n) is 11.9. The number of alkyl halides is 3. The lowest BCUT2D eigenvalue weighted by molar-refractivity contribution is -0.0330. The number of carbonyl (C=O) groups excluding carboxylic acids is 1. The summed E-state index contributed by atoms with van der Waals surface area (Å²) < 4.78 is 41.7. The van der Waals surface area contributed by atoms with E-state index in [0.29, 0.717) is 6.42 Å². The van der Waals surface area contributed by atoms with Gasteiger partial charge in [0.25, 0.3) is 0 Å². The van der Waals surface area contributed by atoms with Crippen LogP contribution in [0.25, 0.3) is 0 Å². The summed E-state index contributed by atoms with van der Waals surface area (Å²) in [4.78, 5) is 11.6. The average molecular weight is 301 g/mol. The van der Waals surface area contributed by atoms with Crippen molar-refractivity contribution in [3.05, 3.63) is 0 Å². The second-order valence-electron chi connectivity index (χ2n) is 5.39. The average Bonchev–Trinajstić information content (AvgIpc) is 2.19. The molecule has 1 N–H and O–H groups in total. The van der Waals surface area contributed by atoms with E-state index in [1.54, 1.807) is 27.7 Å². The minimum Gasteiger partial charge on any atom is -0.444 e. The fourth-order valence-electron chi connectivity index (χ4n) is 1.28. The largest absolute Gasteiger partial charge is 0.444 e. The minimum atomic E-state index is -4.29. The molecule has 0 saturated carbocycles. The van der Waals surface area contributed by atoms with Crippen molar-refractivity contribution in [2.24, 2.45) is 5.92 Å². The molecule has 114 valence electrons. The quantitative estimate of drug-likeness (QED) is 0.828. The van der Waals surface area contributed by atoms with E-state index in [4.69, 9.17) is 4.74 Å². The Labute approximate surface area is 116 Å². The molecule has 7 heteroatoms. The zero-order chi connectivity index (χ0) is 15.3. The van der Waals surface area contributed by atoms with Gasteiger partial charge in [-0.2, -0.15) is 13.2 Å². The van der Waals surface area contributed by atoms with E-state index in [1.807, 2.05) is 6.92 Å². The first-order chi connectivity index (χ1) is 8.44. The standard InChI is InChI=1S/C12H22F3NO2S/c1-6-8(2)9(7-19-12(13,14)15)16-10(17)18-11(3,4)5/h8-9H,6-7H2,1-5H3,(H,16,17). The first-order valence-corrected chi connectivity index (χ1v) is 7.13. The van der Waals surface area contributed by atoms with Crippen LogP contribution in [0.4, 0.5) is 18.0 Å². The number of halogens is 3. The van der Waals surface area contributed by atoms with E-state index in [2.05, 4.69) is 5.32 Å². The van der Waals surface area contributed by atoms with Crippen molar-refractivity contribution < 1.29 is 22.7 Å². The molecule has 0 rings (SSSR count). The maximum atomic E-state index is 12.2. The molecule has 0 fully saturated rings. The molecule has 0 aliphatic carbocycles. The molecule has 0 aromatic rings. The number of hydrogen-bond donors (Lipinski definition) is 1. The van der Waals surface area contributed by atoms with E-state index in [-0.39, 0.29) is 23.4 Å². The Morgan fingerprint density at radius 1 is 1.32 bits per heavy atom. The molecule has 0 spiro atoms. The molecule has 0 saturated heterocycles. The van der Waals surface area contributed by atoms with E-state index in [9.17, 15) is 18.0 Å². The summed E-state index contributed by atoms with van der Waals surface area (Å²) in [6.07, 6.45) is -0.000578. The predicted octanol–water partition coefficient (Wildman–Crippen LogP) is 4.18. The van der Waals surface area contributed by atoms with Crippen LogP contribution in [0.15, 0.2) is 0 Å². The van der Waals surface area contributed by atoms with Gasteiger partial charge in [-0.05, 0) is 38.5 Å². The monoisotopic (exact) mass is 301 g/mol. The molecule has 2 atom stereocenters. The maximum Gasteiger partial charge on any atom is 0.441 e. The van der Waals surface area contributed by atoms with Gasteiger partial charge in [-0.25, -0.2) is 4.79 Å². The van der Waals surface area contributed by atoms with E-state index in [0.717, 1.165) is 0 Å². The lowest BCUT2D eigenvalue weighted by Crippen LogP contribution is -2.44. The lowest BCUT2D eigenvalue weighted by Gasteiger charge is -2.27. The molecule has 0 heterocycles. The lowest BCUT2D eigenvalue weighted by atomic mass is 10.0. The van der Waals surface area contributed by atoms with E-state index < -0.39 is 23.2 Å². The van der Waals surface area contributed by atoms with Crippen LogP contribution in [0.5, 0.6) is 0 Å². The van der Waals surface area contributed by atoms with Crippen molar-refractivity contribution in [2.45, 2.75) is 58.2 Å². The molecule has 3 nitrogen and oxygen atoms in total. The topological polar surface area (TPSA) is 38.3 Å². The summed E-state index contributed by atoms with van der Waals surface area (Å²) in [6.45, 7) is 8.78. The van der Waals surface area contributed by atoms with Crippen molar-refractivity contribution in [1.29, 1.82) is 0 Å². The SMILES string of the molecule is CCC(C)C(CSC(F)(F)F)NC(=O)OC(C)(C)C. The highest BCUT2D eigenvalue weighted by Gasteiger charge is 2.31. The highest BCUT2D eigenvalue weighted by molar-refractivity contribution is 8.00. The maximum absolute atomic E-state index is 12.2. The summed E-state index contributed by atoms with van der Waals surface area (Å²) in [5.41, 5.74) is -4.96. The van der Waals surface area contributed by atoms with Crippen molar-refractivity contribution in [3.63, 3.8) is 0 Å². The van der Waals surface area contributed by atoms with E-state index in [1.165, 1.54) is 0 Å². The number of carbonyl (C=O) groups is 1. The Bertz CT molecular complexity index is 290. The number of alkyl carbamates (subject to hydrolysis) is 1. The predicted molar refractivity (Wildman–Crippen MR) is 71.1 cm³/mol. The van der Waals surface area contributed by atoms with Crippen LogP contribution in [0.1, 0.15) is 41.0 Å². The Morgan fingerprint density at radius 2 is 1.84 bits per heavy atom. The van der Waals surface area contributed by atoms with Crippen molar-refractivity contribution in [2.75, 3.05) is 5.75 Å². The second kappa shape index (κ2) is 7.26. The summed E-state index contributed by atoms with van der Waals surface area (Å²) >= 11 is -0.125. The van der Waals surface area contributed by atoms with Gasteiger partial charge in [-0.1, -0.05) is 20.3 Å². The van der Waals surface area contributed by atoms with Crippen molar-refractivity contribution in [1.82, 2.24) is 5.32 Å². The van der Waals surface area contributed by atoms with Crippen molar-refractivity contribution in [3.8, 4) is 0 Å². The molecular formula is C12H22F3NO2S. The van der Waals surface area contributed by atoms with Gasteiger partial charge in [0.2, 0.25) is 0 Å². The van der Waals surface area contributed by atoms with Crippen LogP contribution in [0.2, 0.25) is 0 Å². The normalized spacial score (nSPS) is 15.8. The molecule has 0 aliphatic rings. The third kappa shape index (κ3) is 9.92. The highest BCUT2D eigenvalue weighted by atomic mass is 32.2. The van der Waals surface area contributed by atoms with Gasteiger partial charge in [-0.3, -0.25) is 0 Å². The van der Waals surface area contributed by atoms with Gasteiger partial charge < -0.3 is 10.1 Å². The molecule has 0 aromatic carbocycles. The van der Waals surface area contributed by atoms with Gasteiger partial charge in [0.15, 0.2) is 0 Å². The molecule has 0 aliphatic heterocycles. The second-order valence-corrected chi connectivity index (χ2v) is 6.48. The number of hydrogen-bond acceptors (Lipinski definition) is 3. The fourth-order valence-corrected chi connectivity index (χ4v) is 2.06. The molecule has 0 radical (unpaired) electrons. The first kappa shape index (κ1) is 18.4. The van der Waals surface area contributed by atoms with Crippen LogP contribution in [0.3, 0.4) is 0 Å². The van der Waals surface area contributed by atoms with Crippen LogP contribution in [0, 0.1) is 5.92 Å². The molecule has 19 heavy (non-hydrogen) atoms. The van der Waals surface area contributed by atoms with Crippen LogP contribution >= 0.6 is 11.8 Å². The molecule has 0 aromatic heterocycles. The van der Waals surface area contributed by atoms with Gasteiger partial charge >= 0.3 is 11.6 Å². The zero-order valence-corrected chi connectivity index (χ0v) is 12.7. The summed E-state index contributed by atoms with van der Waals surface area (Å²) in [7, 11) is 0. The van der Waals surface area contributed by atoms with E-state index >= 15 is 0 Å². The number of nitrogens with one attached hydrogen (secondary N) is 1. The van der Waals surface area contributed by atoms with Gasteiger partial charge in [0, 0.05) is 11.8 Å². The van der Waals surface area contributed by atoms with Crippen molar-refractivity contribution >= 4 is 17.9 Å². The number of rotatable bonds is 5. The van der Waals surface area contributed by atoms with Gasteiger partial charge in [-0.15, -0.1) is 0 Å². The Morgan fingerprint density at radius 3 is 2.21 bits per heavy atom. The summed E-state index contributed by atoms with van der Waals surface area (Å²) in [6, 6.07) is -0.563. The van der Waals surface area contributed by atoms with Crippen LogP contribution < -0.4 is 5.32 Å². The Kier molecular flexibility index (Phi) is 7.04. The van der Waals surface area contributed by atoms with Crippen LogP contribution in [-0.4, -0.2) is 29.0 Å². The molecule has 2 unspecified atom stereocenters. The van der Waals surface area contributed by atoms with Crippen LogP contribution in [-0.2, 0) is 4.74 Å². The minimum absolute atomic E-state index is 0.0534. The van der Waals surface area contributed by atoms with Gasteiger partial charge in [0.05, 0.1) is 0 Å². The smallest absolute Gasteiger partial charge is 0.441 e. The number of amides is 1. The molecular weight excluding hydrogens is 279 g/mol. The number of ether oxygens (including phenoxy) is 1. The molecule has 1 amide bonds. The fraction of sp³-hybridized carbons (Fsp3) is 0.917. The highest BCUT2D eigenvalue weighted by Crippen LogP contribution is 2.31. The summed E-state index contributed by atoms with van der Waals surface area (Å²) in [5.74, 6) is -0.264. The summed E-state index contributed by atoms with van der Waals surface area (Å²) in [5, 5.41) is 2.51. The Balaban J connectivity index is 4.48. The molecule has 0 bridgehead atoms. The third-order valence-corrected chi connectivity index (χ3v) is 3.31. The number of thioether (sulfide) groups is 1. The Hall–Kier alpha value is -0.590. The third-order valence-electron chi connectivity index (χ3n) is 2.46.